The van der Waals surface area contributed by atoms with Gasteiger partial charge in [0.2, 0.25) is 10.0 Å². The van der Waals surface area contributed by atoms with Gasteiger partial charge >= 0.3 is 0 Å². The van der Waals surface area contributed by atoms with E-state index >= 15 is 0 Å². The number of nitrogens with one attached hydrogen (secondary N) is 1. The molecular weight excluding hydrogens is 274 g/mol. The largest absolute Gasteiger partial charge is 0.396 e. The van der Waals surface area contributed by atoms with Crippen LogP contribution in [-0.2, 0) is 22.9 Å². The number of sulfonamides is 1. The second-order valence-electron chi connectivity index (χ2n) is 5.61. The summed E-state index contributed by atoms with van der Waals surface area (Å²) in [6.45, 7) is 2.37. The Hall–Kier alpha value is -0.910. The van der Waals surface area contributed by atoms with Gasteiger partial charge in [-0.1, -0.05) is 13.0 Å². The number of aryl methyl sites for hydroxylation is 2. The Labute approximate surface area is 121 Å². The van der Waals surface area contributed by atoms with Gasteiger partial charge in [0.15, 0.2) is 0 Å². The summed E-state index contributed by atoms with van der Waals surface area (Å²) in [6, 6.07) is 5.46. The van der Waals surface area contributed by atoms with Crippen LogP contribution in [0.4, 0.5) is 0 Å². The maximum absolute atomic E-state index is 12.3. The average Bonchev–Trinajstić information content (AvgIpc) is 2.45. The van der Waals surface area contributed by atoms with E-state index < -0.39 is 10.0 Å². The van der Waals surface area contributed by atoms with Crippen molar-refractivity contribution >= 4 is 10.0 Å². The van der Waals surface area contributed by atoms with Crippen LogP contribution in [0.2, 0.25) is 0 Å². The second kappa shape index (κ2) is 6.70. The molecule has 0 aromatic heterocycles. The van der Waals surface area contributed by atoms with E-state index in [1.54, 1.807) is 6.07 Å². The zero-order valence-corrected chi connectivity index (χ0v) is 12.7. The minimum absolute atomic E-state index is 0.0851. The number of hydrogen-bond donors (Lipinski definition) is 2. The van der Waals surface area contributed by atoms with Crippen LogP contribution in [0, 0.1) is 5.92 Å². The monoisotopic (exact) mass is 297 g/mol. The molecule has 1 atom stereocenters. The van der Waals surface area contributed by atoms with Gasteiger partial charge in [0, 0.05) is 13.2 Å². The summed E-state index contributed by atoms with van der Waals surface area (Å²) >= 11 is 0. The van der Waals surface area contributed by atoms with Gasteiger partial charge in [0.1, 0.15) is 0 Å². The van der Waals surface area contributed by atoms with Crippen LogP contribution >= 0.6 is 0 Å². The molecule has 2 N–H and O–H groups in total. The zero-order valence-electron chi connectivity index (χ0n) is 11.9. The highest BCUT2D eigenvalue weighted by Crippen LogP contribution is 2.24. The molecule has 20 heavy (non-hydrogen) atoms. The Balaban J connectivity index is 2.09. The molecule has 5 heteroatoms. The van der Waals surface area contributed by atoms with Gasteiger partial charge in [0.05, 0.1) is 4.90 Å². The minimum atomic E-state index is -3.44. The molecule has 1 aromatic carbocycles. The third-order valence-corrected chi connectivity index (χ3v) is 5.30. The fraction of sp³-hybridized carbons (Fsp3) is 0.600. The summed E-state index contributed by atoms with van der Waals surface area (Å²) in [6.07, 6.45) is 4.95. The summed E-state index contributed by atoms with van der Waals surface area (Å²) < 4.78 is 27.1. The summed E-state index contributed by atoms with van der Waals surface area (Å²) in [5.41, 5.74) is 2.45. The maximum Gasteiger partial charge on any atom is 0.240 e. The van der Waals surface area contributed by atoms with Gasteiger partial charge in [-0.25, -0.2) is 13.1 Å². The summed E-state index contributed by atoms with van der Waals surface area (Å²) in [7, 11) is -3.44. The Bertz CT molecular complexity index is 554. The van der Waals surface area contributed by atoms with Gasteiger partial charge in [-0.05, 0) is 61.3 Å². The highest BCUT2D eigenvalue weighted by Gasteiger charge is 2.18. The highest BCUT2D eigenvalue weighted by molar-refractivity contribution is 7.89. The topological polar surface area (TPSA) is 66.4 Å². The Morgan fingerprint density at radius 2 is 1.95 bits per heavy atom. The van der Waals surface area contributed by atoms with E-state index in [1.807, 2.05) is 19.1 Å². The second-order valence-corrected chi connectivity index (χ2v) is 7.37. The molecule has 0 saturated carbocycles. The van der Waals surface area contributed by atoms with E-state index in [1.165, 1.54) is 17.5 Å². The molecule has 0 radical (unpaired) electrons. The maximum atomic E-state index is 12.3. The third-order valence-electron chi connectivity index (χ3n) is 3.87. The Morgan fingerprint density at radius 3 is 2.65 bits per heavy atom. The van der Waals surface area contributed by atoms with Crippen LogP contribution in [-0.4, -0.2) is 26.7 Å². The molecule has 0 amide bonds. The molecule has 0 aliphatic heterocycles. The lowest BCUT2D eigenvalue weighted by atomic mass is 9.92. The standard InChI is InChI=1S/C15H23NO3S/c1-12(8-9-17)11-16-20(18,19)15-7-6-13-4-2-3-5-14(13)10-15/h6-7,10,12,16-17H,2-5,8-9,11H2,1H3. The predicted octanol–water partition coefficient (Wildman–Crippen LogP) is 1.86. The van der Waals surface area contributed by atoms with Crippen LogP contribution in [0.3, 0.4) is 0 Å². The van der Waals surface area contributed by atoms with E-state index in [0.29, 0.717) is 17.9 Å². The lowest BCUT2D eigenvalue weighted by Gasteiger charge is -2.17. The molecule has 112 valence electrons. The molecule has 0 heterocycles. The van der Waals surface area contributed by atoms with Crippen LogP contribution in [0.5, 0.6) is 0 Å². The first kappa shape index (κ1) is 15.5. The molecule has 1 unspecified atom stereocenters. The molecule has 1 aliphatic carbocycles. The van der Waals surface area contributed by atoms with Gasteiger partial charge in [-0.15, -0.1) is 0 Å². The van der Waals surface area contributed by atoms with Crippen molar-refractivity contribution in [1.29, 1.82) is 0 Å². The molecule has 0 bridgehead atoms. The summed E-state index contributed by atoms with van der Waals surface area (Å²) in [4.78, 5) is 0.356. The van der Waals surface area contributed by atoms with E-state index in [9.17, 15) is 8.42 Å². The van der Waals surface area contributed by atoms with Crippen LogP contribution in [0.1, 0.15) is 37.3 Å². The van der Waals surface area contributed by atoms with Crippen molar-refractivity contribution < 1.29 is 13.5 Å². The van der Waals surface area contributed by atoms with Crippen molar-refractivity contribution in [2.75, 3.05) is 13.2 Å². The number of aliphatic hydroxyl groups is 1. The number of rotatable bonds is 6. The van der Waals surface area contributed by atoms with Crippen LogP contribution < -0.4 is 4.72 Å². The highest BCUT2D eigenvalue weighted by atomic mass is 32.2. The Kier molecular flexibility index (Phi) is 5.18. The SMILES string of the molecule is CC(CCO)CNS(=O)(=O)c1ccc2c(c1)CCCC2. The van der Waals surface area contributed by atoms with E-state index in [0.717, 1.165) is 19.3 Å². The molecule has 2 rings (SSSR count). The van der Waals surface area contributed by atoms with Crippen molar-refractivity contribution in [3.8, 4) is 0 Å². The van der Waals surface area contributed by atoms with Gasteiger partial charge < -0.3 is 5.11 Å². The van der Waals surface area contributed by atoms with Crippen molar-refractivity contribution in [2.45, 2.75) is 43.9 Å². The zero-order chi connectivity index (χ0) is 14.6. The van der Waals surface area contributed by atoms with Crippen molar-refractivity contribution in [1.82, 2.24) is 4.72 Å². The van der Waals surface area contributed by atoms with Gasteiger partial charge in [-0.2, -0.15) is 0 Å². The third kappa shape index (κ3) is 3.81. The van der Waals surface area contributed by atoms with Gasteiger partial charge in [-0.3, -0.25) is 0 Å². The molecule has 4 nitrogen and oxygen atoms in total. The van der Waals surface area contributed by atoms with Crippen molar-refractivity contribution in [3.05, 3.63) is 29.3 Å². The van der Waals surface area contributed by atoms with E-state index in [2.05, 4.69) is 4.72 Å². The quantitative estimate of drug-likeness (QED) is 0.842. The van der Waals surface area contributed by atoms with Gasteiger partial charge in [0.25, 0.3) is 0 Å². The van der Waals surface area contributed by atoms with Crippen LogP contribution in [0.25, 0.3) is 0 Å². The van der Waals surface area contributed by atoms with E-state index in [4.69, 9.17) is 5.11 Å². The number of hydrogen-bond acceptors (Lipinski definition) is 3. The molecule has 1 aliphatic rings. The molecule has 0 saturated heterocycles. The molecule has 1 aromatic rings. The predicted molar refractivity (Wildman–Crippen MR) is 79.1 cm³/mol. The number of aliphatic hydroxyl groups excluding tert-OH is 1. The first-order valence-electron chi connectivity index (χ1n) is 7.25. The lowest BCUT2D eigenvalue weighted by molar-refractivity contribution is 0.263. The number of fused-ring (bicyclic) bond motifs is 1. The fourth-order valence-electron chi connectivity index (χ4n) is 2.53. The van der Waals surface area contributed by atoms with Crippen molar-refractivity contribution in [2.24, 2.45) is 5.92 Å². The lowest BCUT2D eigenvalue weighted by Crippen LogP contribution is -2.29. The average molecular weight is 297 g/mol. The Morgan fingerprint density at radius 1 is 1.25 bits per heavy atom. The minimum Gasteiger partial charge on any atom is -0.396 e. The summed E-state index contributed by atoms with van der Waals surface area (Å²) in [5.74, 6) is 0.132. The smallest absolute Gasteiger partial charge is 0.240 e. The fourth-order valence-corrected chi connectivity index (χ4v) is 3.75. The van der Waals surface area contributed by atoms with Crippen LogP contribution in [0.15, 0.2) is 23.1 Å². The summed E-state index contributed by atoms with van der Waals surface area (Å²) in [5, 5.41) is 8.84. The molecule has 0 spiro atoms. The van der Waals surface area contributed by atoms with E-state index in [-0.39, 0.29) is 12.5 Å². The normalized spacial score (nSPS) is 16.7. The first-order chi connectivity index (χ1) is 9.53. The van der Waals surface area contributed by atoms with Crippen molar-refractivity contribution in [3.63, 3.8) is 0 Å². The number of benzene rings is 1. The molecule has 0 fully saturated rings. The molecular formula is C15H23NO3S. The first-order valence-corrected chi connectivity index (χ1v) is 8.73.